The molecule has 1 unspecified atom stereocenters. The summed E-state index contributed by atoms with van der Waals surface area (Å²) >= 11 is 3.42. The van der Waals surface area contributed by atoms with Crippen molar-refractivity contribution in [1.82, 2.24) is 5.32 Å². The van der Waals surface area contributed by atoms with Crippen molar-refractivity contribution < 1.29 is 9.84 Å². The van der Waals surface area contributed by atoms with Crippen molar-refractivity contribution >= 4 is 15.9 Å². The highest BCUT2D eigenvalue weighted by Gasteiger charge is 2.23. The number of aryl methyl sites for hydroxylation is 1. The molecule has 0 spiro atoms. The fourth-order valence-corrected chi connectivity index (χ4v) is 3.26. The molecule has 1 saturated heterocycles. The number of benzene rings is 1. The zero-order chi connectivity index (χ0) is 12.4. The topological polar surface area (TPSA) is 41.5 Å². The molecule has 1 atom stereocenters. The number of nitrogens with one attached hydrogen (secondary N) is 1. The van der Waals surface area contributed by atoms with Gasteiger partial charge in [-0.05, 0) is 53.9 Å². The van der Waals surface area contributed by atoms with Crippen LogP contribution in [-0.2, 0) is 0 Å². The number of ether oxygens (including phenoxy) is 1. The molecule has 1 heterocycles. The summed E-state index contributed by atoms with van der Waals surface area (Å²) in [6.07, 6.45) is 2.27. The van der Waals surface area contributed by atoms with Crippen LogP contribution in [0, 0.1) is 6.92 Å². The average Bonchev–Trinajstić information content (AvgIpc) is 2.30. The fraction of sp³-hybridized carbons (Fsp3) is 0.538. The maximum Gasteiger partial charge on any atom is 0.174 e. The van der Waals surface area contributed by atoms with Crippen molar-refractivity contribution in [2.75, 3.05) is 20.2 Å². The van der Waals surface area contributed by atoms with Crippen molar-refractivity contribution in [3.63, 3.8) is 0 Å². The number of piperidine rings is 1. The fourth-order valence-electron chi connectivity index (χ4n) is 2.56. The molecule has 1 fully saturated rings. The zero-order valence-electron chi connectivity index (χ0n) is 10.2. The largest absolute Gasteiger partial charge is 0.504 e. The van der Waals surface area contributed by atoms with Gasteiger partial charge in [0.25, 0.3) is 0 Å². The van der Waals surface area contributed by atoms with E-state index < -0.39 is 0 Å². The van der Waals surface area contributed by atoms with Crippen LogP contribution < -0.4 is 10.1 Å². The molecule has 2 rings (SSSR count). The first-order valence-electron chi connectivity index (χ1n) is 5.91. The van der Waals surface area contributed by atoms with Crippen LogP contribution >= 0.6 is 15.9 Å². The van der Waals surface area contributed by atoms with Crippen molar-refractivity contribution in [1.29, 1.82) is 0 Å². The van der Waals surface area contributed by atoms with Crippen LogP contribution in [0.1, 0.15) is 29.9 Å². The van der Waals surface area contributed by atoms with Crippen LogP contribution in [0.25, 0.3) is 0 Å². The molecule has 0 radical (unpaired) electrons. The lowest BCUT2D eigenvalue weighted by atomic mass is 9.88. The molecule has 1 aromatic carbocycles. The normalized spacial score (nSPS) is 20.3. The Balaban J connectivity index is 2.44. The molecular formula is C13H18BrNO2. The van der Waals surface area contributed by atoms with Gasteiger partial charge in [0.05, 0.1) is 11.6 Å². The maximum absolute atomic E-state index is 10.3. The summed E-state index contributed by atoms with van der Waals surface area (Å²) in [6, 6.07) is 2.02. The maximum atomic E-state index is 10.3. The molecule has 0 saturated carbocycles. The number of rotatable bonds is 2. The molecule has 4 heteroatoms. The standard InChI is InChI=1S/C13H18BrNO2/c1-8-6-10(14)13(17-2)12(16)11(8)9-4-3-5-15-7-9/h6,9,15-16H,3-5,7H2,1-2H3. The summed E-state index contributed by atoms with van der Waals surface area (Å²) in [5, 5.41) is 13.7. The van der Waals surface area contributed by atoms with Crippen LogP contribution in [-0.4, -0.2) is 25.3 Å². The predicted octanol–water partition coefficient (Wildman–Crippen LogP) is 2.94. The molecule has 0 aromatic heterocycles. The van der Waals surface area contributed by atoms with Gasteiger partial charge in [-0.1, -0.05) is 0 Å². The van der Waals surface area contributed by atoms with Crippen molar-refractivity contribution in [3.8, 4) is 11.5 Å². The summed E-state index contributed by atoms with van der Waals surface area (Å²) < 4.78 is 6.05. The number of hydrogen-bond donors (Lipinski definition) is 2. The van der Waals surface area contributed by atoms with E-state index in [9.17, 15) is 5.11 Å². The summed E-state index contributed by atoms with van der Waals surface area (Å²) in [7, 11) is 1.58. The van der Waals surface area contributed by atoms with Crippen molar-refractivity contribution in [3.05, 3.63) is 21.7 Å². The molecule has 1 aliphatic rings. The minimum absolute atomic E-state index is 0.285. The van der Waals surface area contributed by atoms with Gasteiger partial charge in [0, 0.05) is 18.0 Å². The molecule has 17 heavy (non-hydrogen) atoms. The van der Waals surface area contributed by atoms with E-state index in [-0.39, 0.29) is 5.75 Å². The van der Waals surface area contributed by atoms with Gasteiger partial charge in [-0.3, -0.25) is 0 Å². The van der Waals surface area contributed by atoms with Gasteiger partial charge < -0.3 is 15.2 Å². The summed E-state index contributed by atoms with van der Waals surface area (Å²) in [5.41, 5.74) is 2.14. The second-order valence-corrected chi connectivity index (χ2v) is 5.37. The van der Waals surface area contributed by atoms with Crippen LogP contribution in [0.2, 0.25) is 0 Å². The number of phenolic OH excluding ortho intramolecular Hbond substituents is 1. The highest BCUT2D eigenvalue weighted by molar-refractivity contribution is 9.10. The highest BCUT2D eigenvalue weighted by atomic mass is 79.9. The molecule has 2 N–H and O–H groups in total. The molecule has 0 amide bonds. The molecule has 1 aliphatic heterocycles. The minimum atomic E-state index is 0.285. The van der Waals surface area contributed by atoms with Gasteiger partial charge in [-0.15, -0.1) is 0 Å². The number of hydrogen-bond acceptors (Lipinski definition) is 3. The van der Waals surface area contributed by atoms with Gasteiger partial charge in [-0.2, -0.15) is 0 Å². The lowest BCUT2D eigenvalue weighted by Crippen LogP contribution is -2.28. The Kier molecular flexibility index (Phi) is 3.94. The summed E-state index contributed by atoms with van der Waals surface area (Å²) in [6.45, 7) is 4.04. The third kappa shape index (κ3) is 2.43. The Morgan fingerprint density at radius 3 is 2.88 bits per heavy atom. The zero-order valence-corrected chi connectivity index (χ0v) is 11.8. The van der Waals surface area contributed by atoms with Crippen LogP contribution in [0.4, 0.5) is 0 Å². The van der Waals surface area contributed by atoms with Crippen molar-refractivity contribution in [2.24, 2.45) is 0 Å². The second-order valence-electron chi connectivity index (χ2n) is 4.51. The first kappa shape index (κ1) is 12.7. The highest BCUT2D eigenvalue weighted by Crippen LogP contribution is 2.43. The van der Waals surface area contributed by atoms with E-state index in [2.05, 4.69) is 21.2 Å². The number of methoxy groups -OCH3 is 1. The Labute approximate surface area is 110 Å². The minimum Gasteiger partial charge on any atom is -0.504 e. The van der Waals surface area contributed by atoms with Crippen LogP contribution in [0.3, 0.4) is 0 Å². The van der Waals surface area contributed by atoms with Gasteiger partial charge in [0.1, 0.15) is 0 Å². The molecule has 94 valence electrons. The third-order valence-electron chi connectivity index (χ3n) is 3.36. The van der Waals surface area contributed by atoms with E-state index in [0.717, 1.165) is 41.5 Å². The quantitative estimate of drug-likeness (QED) is 0.882. The third-order valence-corrected chi connectivity index (χ3v) is 3.95. The summed E-state index contributed by atoms with van der Waals surface area (Å²) in [4.78, 5) is 0. The van der Waals surface area contributed by atoms with Crippen LogP contribution in [0.5, 0.6) is 11.5 Å². The predicted molar refractivity (Wildman–Crippen MR) is 71.9 cm³/mol. The lowest BCUT2D eigenvalue weighted by molar-refractivity contribution is 0.360. The molecule has 1 aromatic rings. The van der Waals surface area contributed by atoms with E-state index in [1.807, 2.05) is 13.0 Å². The Morgan fingerprint density at radius 2 is 2.29 bits per heavy atom. The van der Waals surface area contributed by atoms with Gasteiger partial charge in [0.2, 0.25) is 0 Å². The van der Waals surface area contributed by atoms with E-state index in [4.69, 9.17) is 4.74 Å². The molecule has 0 aliphatic carbocycles. The molecule has 3 nitrogen and oxygen atoms in total. The van der Waals surface area contributed by atoms with E-state index in [1.165, 1.54) is 0 Å². The van der Waals surface area contributed by atoms with E-state index >= 15 is 0 Å². The van der Waals surface area contributed by atoms with E-state index in [1.54, 1.807) is 7.11 Å². The second kappa shape index (κ2) is 5.27. The molecular weight excluding hydrogens is 282 g/mol. The van der Waals surface area contributed by atoms with Gasteiger partial charge in [-0.25, -0.2) is 0 Å². The van der Waals surface area contributed by atoms with Crippen LogP contribution in [0.15, 0.2) is 10.5 Å². The number of phenols is 1. The first-order valence-corrected chi connectivity index (χ1v) is 6.71. The first-order chi connectivity index (χ1) is 8.15. The Morgan fingerprint density at radius 1 is 1.53 bits per heavy atom. The van der Waals surface area contributed by atoms with Gasteiger partial charge >= 0.3 is 0 Å². The summed E-state index contributed by atoms with van der Waals surface area (Å²) in [5.74, 6) is 1.20. The Hall–Kier alpha value is -0.740. The Bertz CT molecular complexity index is 414. The van der Waals surface area contributed by atoms with Gasteiger partial charge in [0.15, 0.2) is 11.5 Å². The van der Waals surface area contributed by atoms with E-state index in [0.29, 0.717) is 11.7 Å². The lowest BCUT2D eigenvalue weighted by Gasteiger charge is -2.26. The average molecular weight is 300 g/mol. The van der Waals surface area contributed by atoms with Crippen molar-refractivity contribution in [2.45, 2.75) is 25.7 Å². The molecule has 0 bridgehead atoms. The number of aromatic hydroxyl groups is 1. The smallest absolute Gasteiger partial charge is 0.174 e. The number of halogens is 1. The monoisotopic (exact) mass is 299 g/mol. The SMILES string of the molecule is COc1c(Br)cc(C)c(C2CCCNC2)c1O.